The summed E-state index contributed by atoms with van der Waals surface area (Å²) in [5, 5.41) is 4.27. The molecule has 0 aliphatic carbocycles. The highest BCUT2D eigenvalue weighted by molar-refractivity contribution is 7.88. The molecule has 1 aromatic carbocycles. The van der Waals surface area contributed by atoms with E-state index < -0.39 is 10.0 Å². The van der Waals surface area contributed by atoms with Gasteiger partial charge >= 0.3 is 0 Å². The Morgan fingerprint density at radius 1 is 1.27 bits per heavy atom. The van der Waals surface area contributed by atoms with E-state index in [4.69, 9.17) is 4.42 Å². The minimum absolute atomic E-state index is 0.319. The molecule has 2 heterocycles. The minimum Gasteiger partial charge on any atom is -0.463 e. The van der Waals surface area contributed by atoms with E-state index in [9.17, 15) is 8.42 Å². The third kappa shape index (κ3) is 2.78. The lowest BCUT2D eigenvalue weighted by atomic mass is 10.00. The normalized spacial score (nSPS) is 18.5. The molecule has 1 aromatic heterocycles. The highest BCUT2D eigenvalue weighted by atomic mass is 32.2. The Morgan fingerprint density at radius 2 is 2.00 bits per heavy atom. The molecule has 1 atom stereocenters. The molecule has 5 nitrogen and oxygen atoms in total. The molecule has 1 aliphatic heterocycles. The number of rotatable bonds is 4. The van der Waals surface area contributed by atoms with Crippen molar-refractivity contribution in [3.8, 4) is 0 Å². The van der Waals surface area contributed by atoms with E-state index in [-0.39, 0.29) is 6.04 Å². The summed E-state index contributed by atoms with van der Waals surface area (Å²) in [7, 11) is -3.44. The van der Waals surface area contributed by atoms with E-state index in [2.05, 4.69) is 12.0 Å². The Labute approximate surface area is 130 Å². The second-order valence-corrected chi connectivity index (χ2v) is 7.21. The number of hydrogen-bond acceptors (Lipinski definition) is 4. The van der Waals surface area contributed by atoms with Crippen LogP contribution >= 0.6 is 0 Å². The first-order chi connectivity index (χ1) is 10.5. The number of benzene rings is 1. The van der Waals surface area contributed by atoms with Gasteiger partial charge in [0.05, 0.1) is 18.6 Å². The van der Waals surface area contributed by atoms with Gasteiger partial charge in [0.2, 0.25) is 10.0 Å². The van der Waals surface area contributed by atoms with Crippen molar-refractivity contribution in [2.45, 2.75) is 25.8 Å². The quantitative estimate of drug-likeness (QED) is 0.870. The molecule has 22 heavy (non-hydrogen) atoms. The summed E-state index contributed by atoms with van der Waals surface area (Å²) in [6.45, 7) is 2.09. The second kappa shape index (κ2) is 5.61. The van der Waals surface area contributed by atoms with Crippen molar-refractivity contribution < 1.29 is 12.8 Å². The van der Waals surface area contributed by atoms with E-state index in [1.807, 2.05) is 24.3 Å². The number of furan rings is 1. The summed E-state index contributed by atoms with van der Waals surface area (Å²) in [6, 6.07) is 11.3. The Balaban J connectivity index is 1.96. The van der Waals surface area contributed by atoms with Crippen molar-refractivity contribution in [2.24, 2.45) is 5.10 Å². The van der Waals surface area contributed by atoms with Crippen LogP contribution in [0, 0.1) is 0 Å². The SMILES string of the molecule is CCc1ccc([C@H]2CC(c3ccco3)=NN2S(C)(=O)=O)cc1. The van der Waals surface area contributed by atoms with Crippen molar-refractivity contribution >= 4 is 15.7 Å². The topological polar surface area (TPSA) is 62.9 Å². The minimum atomic E-state index is -3.44. The van der Waals surface area contributed by atoms with Crippen LogP contribution in [0.1, 0.15) is 36.3 Å². The van der Waals surface area contributed by atoms with E-state index in [0.717, 1.165) is 12.0 Å². The first kappa shape index (κ1) is 14.8. The van der Waals surface area contributed by atoms with Gasteiger partial charge in [0.25, 0.3) is 0 Å². The van der Waals surface area contributed by atoms with Gasteiger partial charge in [-0.1, -0.05) is 31.2 Å². The Morgan fingerprint density at radius 3 is 2.55 bits per heavy atom. The van der Waals surface area contributed by atoms with Crippen LogP contribution in [-0.4, -0.2) is 24.8 Å². The Kier molecular flexibility index (Phi) is 3.78. The summed E-state index contributed by atoms with van der Waals surface area (Å²) in [6.07, 6.45) is 4.20. The number of sulfonamides is 1. The van der Waals surface area contributed by atoms with Gasteiger partial charge in [-0.2, -0.15) is 9.52 Å². The summed E-state index contributed by atoms with van der Waals surface area (Å²) < 4.78 is 30.6. The fourth-order valence-electron chi connectivity index (χ4n) is 2.61. The maximum absolute atomic E-state index is 12.0. The van der Waals surface area contributed by atoms with Gasteiger partial charge < -0.3 is 4.42 Å². The van der Waals surface area contributed by atoms with Crippen LogP contribution in [0.25, 0.3) is 0 Å². The molecular weight excluding hydrogens is 300 g/mol. The van der Waals surface area contributed by atoms with Crippen LogP contribution in [0.2, 0.25) is 0 Å². The van der Waals surface area contributed by atoms with E-state index in [1.165, 1.54) is 16.2 Å². The van der Waals surface area contributed by atoms with Gasteiger partial charge in [-0.15, -0.1) is 0 Å². The van der Waals surface area contributed by atoms with Gasteiger partial charge in [0.15, 0.2) is 0 Å². The highest BCUT2D eigenvalue weighted by Crippen LogP contribution is 2.34. The zero-order valence-corrected chi connectivity index (χ0v) is 13.4. The Bertz CT molecular complexity index is 777. The predicted molar refractivity (Wildman–Crippen MR) is 85.1 cm³/mol. The number of hydrogen-bond donors (Lipinski definition) is 0. The molecule has 0 N–H and O–H groups in total. The number of hydrazone groups is 1. The summed E-state index contributed by atoms with van der Waals surface area (Å²) in [5.74, 6) is 0.612. The van der Waals surface area contributed by atoms with E-state index >= 15 is 0 Å². The van der Waals surface area contributed by atoms with Crippen molar-refractivity contribution in [3.05, 3.63) is 59.5 Å². The second-order valence-electron chi connectivity index (χ2n) is 5.37. The molecule has 0 saturated carbocycles. The average Bonchev–Trinajstić information content (AvgIpc) is 3.15. The fourth-order valence-corrected chi connectivity index (χ4v) is 3.51. The highest BCUT2D eigenvalue weighted by Gasteiger charge is 2.35. The van der Waals surface area contributed by atoms with Crippen LogP contribution in [0.3, 0.4) is 0 Å². The molecule has 2 aromatic rings. The predicted octanol–water partition coefficient (Wildman–Crippen LogP) is 2.95. The van der Waals surface area contributed by atoms with Gasteiger partial charge in [-0.05, 0) is 29.7 Å². The first-order valence-corrected chi connectivity index (χ1v) is 9.03. The van der Waals surface area contributed by atoms with Crippen LogP contribution in [0.5, 0.6) is 0 Å². The summed E-state index contributed by atoms with van der Waals surface area (Å²) in [5.41, 5.74) is 2.81. The van der Waals surface area contributed by atoms with Crippen LogP contribution in [0.4, 0.5) is 0 Å². The van der Waals surface area contributed by atoms with Crippen molar-refractivity contribution in [3.63, 3.8) is 0 Å². The lowest BCUT2D eigenvalue weighted by molar-refractivity contribution is 0.375. The molecule has 0 saturated heterocycles. The molecule has 116 valence electrons. The fraction of sp³-hybridized carbons (Fsp3) is 0.312. The molecule has 0 amide bonds. The van der Waals surface area contributed by atoms with Crippen molar-refractivity contribution in [1.29, 1.82) is 0 Å². The molecule has 1 aliphatic rings. The van der Waals surface area contributed by atoms with Crippen LogP contribution < -0.4 is 0 Å². The number of aryl methyl sites for hydroxylation is 1. The van der Waals surface area contributed by atoms with Crippen molar-refractivity contribution in [1.82, 2.24) is 4.41 Å². The largest absolute Gasteiger partial charge is 0.463 e. The van der Waals surface area contributed by atoms with Gasteiger partial charge in [-0.3, -0.25) is 0 Å². The molecule has 0 fully saturated rings. The lowest BCUT2D eigenvalue weighted by Gasteiger charge is -2.21. The molecule has 0 unspecified atom stereocenters. The third-order valence-electron chi connectivity index (χ3n) is 3.79. The zero-order valence-electron chi connectivity index (χ0n) is 12.6. The van der Waals surface area contributed by atoms with Gasteiger partial charge in [0.1, 0.15) is 11.5 Å². The molecule has 0 radical (unpaired) electrons. The maximum Gasteiger partial charge on any atom is 0.247 e. The van der Waals surface area contributed by atoms with Gasteiger partial charge in [-0.25, -0.2) is 8.42 Å². The molecular formula is C16H18N2O3S. The van der Waals surface area contributed by atoms with E-state index in [0.29, 0.717) is 17.9 Å². The van der Waals surface area contributed by atoms with Gasteiger partial charge in [0, 0.05) is 6.42 Å². The molecule has 0 spiro atoms. The molecule has 3 rings (SSSR count). The first-order valence-electron chi connectivity index (χ1n) is 7.18. The lowest BCUT2D eigenvalue weighted by Crippen LogP contribution is -2.25. The van der Waals surface area contributed by atoms with Crippen LogP contribution in [-0.2, 0) is 16.4 Å². The van der Waals surface area contributed by atoms with E-state index in [1.54, 1.807) is 18.4 Å². The molecule has 6 heteroatoms. The monoisotopic (exact) mass is 318 g/mol. The Hall–Kier alpha value is -2.08. The smallest absolute Gasteiger partial charge is 0.247 e. The zero-order chi connectivity index (χ0) is 15.7. The van der Waals surface area contributed by atoms with Crippen LogP contribution in [0.15, 0.2) is 52.2 Å². The summed E-state index contributed by atoms with van der Waals surface area (Å²) in [4.78, 5) is 0. The third-order valence-corrected chi connectivity index (χ3v) is 4.81. The average molecular weight is 318 g/mol. The maximum atomic E-state index is 12.0. The summed E-state index contributed by atoms with van der Waals surface area (Å²) >= 11 is 0. The molecule has 0 bridgehead atoms. The number of nitrogens with zero attached hydrogens (tertiary/aromatic N) is 2. The van der Waals surface area contributed by atoms with Crippen molar-refractivity contribution in [2.75, 3.05) is 6.26 Å². The standard InChI is InChI=1S/C16H18N2O3S/c1-3-12-6-8-13(9-7-12)15-11-14(16-5-4-10-21-16)17-18(15)22(2,19)20/h4-10,15H,3,11H2,1-2H3/t15-/m1/s1.